The topological polar surface area (TPSA) is 113 Å². The molecule has 0 N–H and O–H groups in total. The first-order chi connectivity index (χ1) is 15.1. The summed E-state index contributed by atoms with van der Waals surface area (Å²) in [6.07, 6.45) is 0.986. The Labute approximate surface area is 187 Å². The quantitative estimate of drug-likeness (QED) is 0.457. The van der Waals surface area contributed by atoms with Crippen molar-refractivity contribution < 1.29 is 22.9 Å². The Balaban J connectivity index is 1.72. The van der Waals surface area contributed by atoms with Gasteiger partial charge >= 0.3 is 0 Å². The maximum absolute atomic E-state index is 12.9. The van der Waals surface area contributed by atoms with E-state index in [0.29, 0.717) is 31.7 Å². The molecular weight excluding hydrogens is 436 g/mol. The number of carbonyl (C=O) groups excluding carboxylic acids is 1. The van der Waals surface area contributed by atoms with Crippen LogP contribution in [0.4, 0.5) is 17.1 Å². The maximum Gasteiger partial charge on any atom is 0.271 e. The Morgan fingerprint density at radius 3 is 2.28 bits per heavy atom. The number of ether oxygens (including phenoxy) is 1. The highest BCUT2D eigenvalue weighted by molar-refractivity contribution is 7.92. The van der Waals surface area contributed by atoms with Gasteiger partial charge in [0.05, 0.1) is 24.0 Å². The Bertz CT molecular complexity index is 1100. The van der Waals surface area contributed by atoms with Gasteiger partial charge in [0, 0.05) is 44.0 Å². The number of hydrogen-bond acceptors (Lipinski definition) is 7. The van der Waals surface area contributed by atoms with E-state index in [2.05, 4.69) is 4.90 Å². The number of nitro groups is 1. The average molecular weight is 463 g/mol. The van der Waals surface area contributed by atoms with E-state index in [-0.39, 0.29) is 17.3 Å². The van der Waals surface area contributed by atoms with Crippen LogP contribution in [0.2, 0.25) is 0 Å². The molecule has 1 heterocycles. The van der Waals surface area contributed by atoms with Crippen molar-refractivity contribution >= 4 is 33.0 Å². The van der Waals surface area contributed by atoms with E-state index in [9.17, 15) is 23.3 Å². The van der Waals surface area contributed by atoms with Crippen molar-refractivity contribution in [3.63, 3.8) is 0 Å². The molecule has 2 aromatic rings. The molecule has 3 rings (SSSR count). The van der Waals surface area contributed by atoms with Gasteiger partial charge in [0.25, 0.3) is 5.69 Å². The molecule has 0 bridgehead atoms. The summed E-state index contributed by atoms with van der Waals surface area (Å²) in [5.41, 5.74) is 1.44. The zero-order valence-corrected chi connectivity index (χ0v) is 19.0. The number of non-ortho nitro benzene ring substituents is 1. The van der Waals surface area contributed by atoms with Gasteiger partial charge in [-0.05, 0) is 36.8 Å². The van der Waals surface area contributed by atoms with Gasteiger partial charge in [-0.2, -0.15) is 0 Å². The molecule has 1 aliphatic heterocycles. The van der Waals surface area contributed by atoms with Crippen LogP contribution in [0, 0.1) is 17.0 Å². The normalized spacial score (nSPS) is 14.2. The number of carbonyl (C=O) groups is 1. The second-order valence-corrected chi connectivity index (χ2v) is 9.47. The lowest BCUT2D eigenvalue weighted by Gasteiger charge is -2.37. The minimum atomic E-state index is -3.84. The van der Waals surface area contributed by atoms with Crippen molar-refractivity contribution in [2.24, 2.45) is 0 Å². The summed E-state index contributed by atoms with van der Waals surface area (Å²) in [5, 5.41) is 11.1. The third-order valence-corrected chi connectivity index (χ3v) is 6.55. The molecule has 1 fully saturated rings. The van der Waals surface area contributed by atoms with Crippen LogP contribution in [0.1, 0.15) is 5.56 Å². The Hall–Kier alpha value is -3.34. The van der Waals surface area contributed by atoms with Gasteiger partial charge in [0.1, 0.15) is 12.3 Å². The van der Waals surface area contributed by atoms with Crippen molar-refractivity contribution in [3.8, 4) is 5.75 Å². The summed E-state index contributed by atoms with van der Waals surface area (Å²) < 4.78 is 31.0. The van der Waals surface area contributed by atoms with Gasteiger partial charge in [-0.25, -0.2) is 8.42 Å². The zero-order chi connectivity index (χ0) is 23.5. The summed E-state index contributed by atoms with van der Waals surface area (Å²) in [4.78, 5) is 27.2. The second kappa shape index (κ2) is 9.43. The van der Waals surface area contributed by atoms with Crippen LogP contribution in [-0.2, 0) is 14.8 Å². The number of hydrogen-bond donors (Lipinski definition) is 0. The number of amides is 1. The van der Waals surface area contributed by atoms with E-state index < -0.39 is 21.5 Å². The van der Waals surface area contributed by atoms with Gasteiger partial charge in [0.2, 0.25) is 15.9 Å². The highest BCUT2D eigenvalue weighted by Crippen LogP contribution is 2.28. The van der Waals surface area contributed by atoms with E-state index in [1.54, 1.807) is 18.9 Å². The number of sulfonamides is 1. The van der Waals surface area contributed by atoms with E-state index in [1.165, 1.54) is 18.2 Å². The molecule has 172 valence electrons. The average Bonchev–Trinajstić information content (AvgIpc) is 2.77. The number of rotatable bonds is 7. The van der Waals surface area contributed by atoms with E-state index in [1.807, 2.05) is 24.3 Å². The van der Waals surface area contributed by atoms with Gasteiger partial charge in [-0.3, -0.25) is 19.2 Å². The predicted octanol–water partition coefficient (Wildman–Crippen LogP) is 2.03. The van der Waals surface area contributed by atoms with Gasteiger partial charge in [-0.15, -0.1) is 0 Å². The number of nitro benzene ring substituents is 1. The minimum Gasteiger partial charge on any atom is -0.497 e. The molecule has 2 aromatic carbocycles. The lowest BCUT2D eigenvalue weighted by molar-refractivity contribution is -0.384. The van der Waals surface area contributed by atoms with Crippen molar-refractivity contribution in [1.29, 1.82) is 0 Å². The van der Waals surface area contributed by atoms with Crippen LogP contribution in [0.3, 0.4) is 0 Å². The van der Waals surface area contributed by atoms with Crippen molar-refractivity contribution in [2.45, 2.75) is 6.92 Å². The van der Waals surface area contributed by atoms with E-state index in [4.69, 9.17) is 4.74 Å². The summed E-state index contributed by atoms with van der Waals surface area (Å²) in [7, 11) is -2.23. The summed E-state index contributed by atoms with van der Waals surface area (Å²) in [5.74, 6) is 0.413. The van der Waals surface area contributed by atoms with Crippen LogP contribution in [-0.4, -0.2) is 70.2 Å². The predicted molar refractivity (Wildman–Crippen MR) is 122 cm³/mol. The lowest BCUT2D eigenvalue weighted by Crippen LogP contribution is -2.52. The number of benzene rings is 2. The van der Waals surface area contributed by atoms with Crippen LogP contribution >= 0.6 is 0 Å². The minimum absolute atomic E-state index is 0.131. The second-order valence-electron chi connectivity index (χ2n) is 7.56. The van der Waals surface area contributed by atoms with Crippen molar-refractivity contribution in [3.05, 3.63) is 58.1 Å². The highest BCUT2D eigenvalue weighted by Gasteiger charge is 2.28. The molecule has 0 saturated carbocycles. The fourth-order valence-electron chi connectivity index (χ4n) is 3.59. The van der Waals surface area contributed by atoms with E-state index >= 15 is 0 Å². The number of piperazine rings is 1. The zero-order valence-electron chi connectivity index (χ0n) is 18.2. The molecule has 0 atom stereocenters. The number of nitrogens with zero attached hydrogens (tertiary/aromatic N) is 4. The standard InChI is InChI=1S/C21H26N4O6S/c1-16-4-5-18(25(27)28)14-20(16)24(32(3,29)30)15-21(26)23-12-10-22(11-13-23)17-6-8-19(31-2)9-7-17/h4-9,14H,10-13,15H2,1-3H3. The van der Waals surface area contributed by atoms with Crippen LogP contribution in [0.25, 0.3) is 0 Å². The van der Waals surface area contributed by atoms with E-state index in [0.717, 1.165) is 22.0 Å². The molecule has 0 unspecified atom stereocenters. The summed E-state index contributed by atoms with van der Waals surface area (Å²) >= 11 is 0. The number of methoxy groups -OCH3 is 1. The van der Waals surface area contributed by atoms with Crippen molar-refractivity contribution in [2.75, 3.05) is 55.3 Å². The molecular formula is C21H26N4O6S. The SMILES string of the molecule is COc1ccc(N2CCN(C(=O)CN(c3cc([N+](=O)[O-])ccc3C)S(C)(=O)=O)CC2)cc1. The third kappa shape index (κ3) is 5.28. The Morgan fingerprint density at radius 2 is 1.75 bits per heavy atom. The molecule has 10 nitrogen and oxygen atoms in total. The molecule has 1 amide bonds. The first-order valence-corrected chi connectivity index (χ1v) is 11.8. The largest absolute Gasteiger partial charge is 0.497 e. The number of anilines is 2. The summed E-state index contributed by atoms with van der Waals surface area (Å²) in [6, 6.07) is 11.6. The Kier molecular flexibility index (Phi) is 6.87. The smallest absolute Gasteiger partial charge is 0.271 e. The van der Waals surface area contributed by atoms with Crippen LogP contribution in [0.5, 0.6) is 5.75 Å². The summed E-state index contributed by atoms with van der Waals surface area (Å²) in [6.45, 7) is 3.32. The first-order valence-electron chi connectivity index (χ1n) is 9.99. The van der Waals surface area contributed by atoms with Gasteiger partial charge < -0.3 is 14.5 Å². The fraction of sp³-hybridized carbons (Fsp3) is 0.381. The number of aryl methyl sites for hydroxylation is 1. The molecule has 0 spiro atoms. The molecule has 0 aromatic heterocycles. The molecule has 11 heteroatoms. The fourth-order valence-corrected chi connectivity index (χ4v) is 4.49. The van der Waals surface area contributed by atoms with Gasteiger partial charge in [0.15, 0.2) is 0 Å². The van der Waals surface area contributed by atoms with Crippen molar-refractivity contribution in [1.82, 2.24) is 4.90 Å². The monoisotopic (exact) mass is 462 g/mol. The van der Waals surface area contributed by atoms with Crippen LogP contribution in [0.15, 0.2) is 42.5 Å². The lowest BCUT2D eigenvalue weighted by atomic mass is 10.2. The van der Waals surface area contributed by atoms with Gasteiger partial charge in [-0.1, -0.05) is 6.07 Å². The third-order valence-electron chi connectivity index (χ3n) is 5.42. The Morgan fingerprint density at radius 1 is 1.12 bits per heavy atom. The van der Waals surface area contributed by atoms with Crippen LogP contribution < -0.4 is 13.9 Å². The maximum atomic E-state index is 12.9. The molecule has 0 aliphatic carbocycles. The molecule has 1 aliphatic rings. The molecule has 1 saturated heterocycles. The molecule has 32 heavy (non-hydrogen) atoms. The highest BCUT2D eigenvalue weighted by atomic mass is 32.2. The molecule has 0 radical (unpaired) electrons. The first kappa shape index (κ1) is 23.3.